The van der Waals surface area contributed by atoms with E-state index in [1.807, 2.05) is 12.1 Å². The molecule has 1 aliphatic rings. The van der Waals surface area contributed by atoms with Crippen molar-refractivity contribution in [1.82, 2.24) is 10.2 Å². The highest BCUT2D eigenvalue weighted by atomic mass is 35.5. The fraction of sp³-hybridized carbons (Fsp3) is 0.625. The molecule has 1 unspecified atom stereocenters. The van der Waals surface area contributed by atoms with Crippen LogP contribution in [-0.2, 0) is 6.54 Å². The number of halogens is 1. The first kappa shape index (κ1) is 14.8. The molecule has 3 heteroatoms. The number of hydrogen-bond acceptors (Lipinski definition) is 2. The first-order chi connectivity index (χ1) is 9.15. The SMILES string of the molecule is CC(CCCNC1CC1)N(C)Cc1cccc(Cl)c1. The van der Waals surface area contributed by atoms with E-state index in [0.29, 0.717) is 6.04 Å². The molecule has 2 nitrogen and oxygen atoms in total. The zero-order valence-corrected chi connectivity index (χ0v) is 12.8. The number of hydrogen-bond donors (Lipinski definition) is 1. The number of benzene rings is 1. The molecule has 0 saturated heterocycles. The molecule has 0 radical (unpaired) electrons. The average Bonchev–Trinajstić information content (AvgIpc) is 3.18. The summed E-state index contributed by atoms with van der Waals surface area (Å²) in [6.45, 7) is 4.44. The molecule has 1 aromatic rings. The molecule has 1 fully saturated rings. The van der Waals surface area contributed by atoms with Crippen molar-refractivity contribution >= 4 is 11.6 Å². The maximum Gasteiger partial charge on any atom is 0.0409 e. The second kappa shape index (κ2) is 7.28. The molecule has 1 aromatic carbocycles. The first-order valence-corrected chi connectivity index (χ1v) is 7.71. The summed E-state index contributed by atoms with van der Waals surface area (Å²) in [7, 11) is 2.19. The quantitative estimate of drug-likeness (QED) is 0.731. The van der Waals surface area contributed by atoms with E-state index in [2.05, 4.69) is 36.3 Å². The summed E-state index contributed by atoms with van der Waals surface area (Å²) in [6, 6.07) is 9.59. The third-order valence-corrected chi connectivity index (χ3v) is 4.12. The van der Waals surface area contributed by atoms with Crippen LogP contribution in [0.25, 0.3) is 0 Å². The molecule has 1 atom stereocenters. The monoisotopic (exact) mass is 280 g/mol. The predicted octanol–water partition coefficient (Wildman–Crippen LogP) is 3.69. The van der Waals surface area contributed by atoms with Crippen LogP contribution in [0.2, 0.25) is 5.02 Å². The number of nitrogens with one attached hydrogen (secondary N) is 1. The minimum atomic E-state index is 0.611. The Balaban J connectivity index is 1.67. The fourth-order valence-corrected chi connectivity index (χ4v) is 2.50. The summed E-state index contributed by atoms with van der Waals surface area (Å²) < 4.78 is 0. The van der Waals surface area contributed by atoms with E-state index in [9.17, 15) is 0 Å². The number of rotatable bonds is 8. The highest BCUT2D eigenvalue weighted by Gasteiger charge is 2.19. The smallest absolute Gasteiger partial charge is 0.0409 e. The van der Waals surface area contributed by atoms with Gasteiger partial charge in [0.2, 0.25) is 0 Å². The standard InChI is InChI=1S/C16H25ClN2/c1-13(5-4-10-18-16-8-9-16)19(2)12-14-6-3-7-15(17)11-14/h3,6-7,11,13,16,18H,4-5,8-10,12H2,1-2H3. The van der Waals surface area contributed by atoms with Crippen molar-refractivity contribution in [3.8, 4) is 0 Å². The normalized spacial score (nSPS) is 16.8. The molecule has 106 valence electrons. The fourth-order valence-electron chi connectivity index (χ4n) is 2.29. The zero-order valence-electron chi connectivity index (χ0n) is 12.0. The van der Waals surface area contributed by atoms with Crippen LogP contribution in [0.15, 0.2) is 24.3 Å². The minimum absolute atomic E-state index is 0.611. The summed E-state index contributed by atoms with van der Waals surface area (Å²) in [5, 5.41) is 4.40. The Morgan fingerprint density at radius 2 is 2.21 bits per heavy atom. The third-order valence-electron chi connectivity index (χ3n) is 3.88. The Kier molecular flexibility index (Phi) is 5.68. The van der Waals surface area contributed by atoms with Gasteiger partial charge < -0.3 is 5.32 Å². The van der Waals surface area contributed by atoms with E-state index >= 15 is 0 Å². The van der Waals surface area contributed by atoms with Gasteiger partial charge in [-0.25, -0.2) is 0 Å². The van der Waals surface area contributed by atoms with Crippen molar-refractivity contribution in [3.63, 3.8) is 0 Å². The Labute approximate surface area is 122 Å². The Hall–Kier alpha value is -0.570. The summed E-state index contributed by atoms with van der Waals surface area (Å²) >= 11 is 6.02. The Bertz CT molecular complexity index is 390. The molecule has 1 N–H and O–H groups in total. The van der Waals surface area contributed by atoms with Gasteiger partial charge >= 0.3 is 0 Å². The highest BCUT2D eigenvalue weighted by Crippen LogP contribution is 2.19. The van der Waals surface area contributed by atoms with E-state index in [1.165, 1.54) is 37.8 Å². The molecule has 0 heterocycles. The zero-order chi connectivity index (χ0) is 13.7. The topological polar surface area (TPSA) is 15.3 Å². The van der Waals surface area contributed by atoms with Crippen LogP contribution in [0.3, 0.4) is 0 Å². The maximum atomic E-state index is 6.02. The average molecular weight is 281 g/mol. The van der Waals surface area contributed by atoms with Gasteiger partial charge in [0.15, 0.2) is 0 Å². The molecule has 2 rings (SSSR count). The molecule has 19 heavy (non-hydrogen) atoms. The lowest BCUT2D eigenvalue weighted by molar-refractivity contribution is 0.234. The van der Waals surface area contributed by atoms with Gasteiger partial charge in [-0.15, -0.1) is 0 Å². The van der Waals surface area contributed by atoms with Crippen molar-refractivity contribution in [1.29, 1.82) is 0 Å². The molecular formula is C16H25ClN2. The van der Waals surface area contributed by atoms with Crippen molar-refractivity contribution in [2.75, 3.05) is 13.6 Å². The van der Waals surface area contributed by atoms with Crippen LogP contribution >= 0.6 is 11.6 Å². The van der Waals surface area contributed by atoms with Crippen LogP contribution in [0.5, 0.6) is 0 Å². The summed E-state index contributed by atoms with van der Waals surface area (Å²) in [5.41, 5.74) is 1.29. The van der Waals surface area contributed by atoms with Crippen molar-refractivity contribution in [2.24, 2.45) is 0 Å². The van der Waals surface area contributed by atoms with E-state index in [0.717, 1.165) is 17.6 Å². The van der Waals surface area contributed by atoms with Crippen LogP contribution in [0, 0.1) is 0 Å². The molecule has 1 aliphatic carbocycles. The Morgan fingerprint density at radius 3 is 2.89 bits per heavy atom. The summed E-state index contributed by atoms with van der Waals surface area (Å²) in [6.07, 6.45) is 5.27. The molecule has 0 bridgehead atoms. The lowest BCUT2D eigenvalue weighted by atomic mass is 10.1. The Morgan fingerprint density at radius 1 is 1.42 bits per heavy atom. The van der Waals surface area contributed by atoms with Crippen molar-refractivity contribution < 1.29 is 0 Å². The van der Waals surface area contributed by atoms with Crippen molar-refractivity contribution in [2.45, 2.75) is 51.2 Å². The van der Waals surface area contributed by atoms with Gasteiger partial charge in [0.25, 0.3) is 0 Å². The van der Waals surface area contributed by atoms with Gasteiger partial charge in [-0.3, -0.25) is 4.90 Å². The van der Waals surface area contributed by atoms with Gasteiger partial charge in [-0.2, -0.15) is 0 Å². The van der Waals surface area contributed by atoms with Gasteiger partial charge in [0, 0.05) is 23.7 Å². The largest absolute Gasteiger partial charge is 0.314 e. The van der Waals surface area contributed by atoms with Crippen LogP contribution < -0.4 is 5.32 Å². The number of nitrogens with zero attached hydrogens (tertiary/aromatic N) is 1. The molecule has 0 spiro atoms. The lowest BCUT2D eigenvalue weighted by Crippen LogP contribution is -2.29. The van der Waals surface area contributed by atoms with E-state index < -0.39 is 0 Å². The second-order valence-electron chi connectivity index (χ2n) is 5.76. The van der Waals surface area contributed by atoms with E-state index in [4.69, 9.17) is 11.6 Å². The van der Waals surface area contributed by atoms with Crippen LogP contribution in [0.4, 0.5) is 0 Å². The van der Waals surface area contributed by atoms with Crippen LogP contribution in [0.1, 0.15) is 38.2 Å². The molecule has 0 amide bonds. The van der Waals surface area contributed by atoms with E-state index in [1.54, 1.807) is 0 Å². The highest BCUT2D eigenvalue weighted by molar-refractivity contribution is 6.30. The third kappa shape index (κ3) is 5.52. The molecular weight excluding hydrogens is 256 g/mol. The van der Waals surface area contributed by atoms with Crippen molar-refractivity contribution in [3.05, 3.63) is 34.9 Å². The second-order valence-corrected chi connectivity index (χ2v) is 6.20. The van der Waals surface area contributed by atoms with Gasteiger partial charge in [0.1, 0.15) is 0 Å². The maximum absolute atomic E-state index is 6.02. The van der Waals surface area contributed by atoms with Gasteiger partial charge in [-0.1, -0.05) is 23.7 Å². The lowest BCUT2D eigenvalue weighted by Gasteiger charge is -2.25. The minimum Gasteiger partial charge on any atom is -0.314 e. The summed E-state index contributed by atoms with van der Waals surface area (Å²) in [5.74, 6) is 0. The van der Waals surface area contributed by atoms with Crippen LogP contribution in [-0.4, -0.2) is 30.6 Å². The summed E-state index contributed by atoms with van der Waals surface area (Å²) in [4.78, 5) is 2.41. The first-order valence-electron chi connectivity index (χ1n) is 7.33. The molecule has 1 saturated carbocycles. The van der Waals surface area contributed by atoms with Gasteiger partial charge in [-0.05, 0) is 63.9 Å². The molecule has 0 aliphatic heterocycles. The molecule has 0 aromatic heterocycles. The predicted molar refractivity (Wildman–Crippen MR) is 82.6 cm³/mol. The van der Waals surface area contributed by atoms with Gasteiger partial charge in [0.05, 0.1) is 0 Å². The van der Waals surface area contributed by atoms with E-state index in [-0.39, 0.29) is 0 Å².